The lowest BCUT2D eigenvalue weighted by atomic mass is 10.1. The molecule has 1 unspecified atom stereocenters. The summed E-state index contributed by atoms with van der Waals surface area (Å²) in [6, 6.07) is 0. The molecule has 2 fully saturated rings. The number of hydrogen-bond donors (Lipinski definition) is 0. The van der Waals surface area contributed by atoms with Gasteiger partial charge in [-0.05, 0) is 19.8 Å². The Morgan fingerprint density at radius 2 is 1.53 bits per heavy atom. The number of ether oxygens (including phenoxy) is 1. The van der Waals surface area contributed by atoms with E-state index in [1.807, 2.05) is 0 Å². The highest BCUT2D eigenvalue weighted by atomic mass is 16.5. The van der Waals surface area contributed by atoms with Crippen LogP contribution in [-0.2, 0) is 4.74 Å². The normalized spacial score (nSPS) is 32.2. The summed E-state index contributed by atoms with van der Waals surface area (Å²) in [4.78, 5) is 0. The zero-order chi connectivity index (χ0) is 10.5. The van der Waals surface area contributed by atoms with Crippen LogP contribution >= 0.6 is 0 Å². The fourth-order valence-electron chi connectivity index (χ4n) is 2.57. The Morgan fingerprint density at radius 3 is 2.20 bits per heavy atom. The molecule has 0 aliphatic carbocycles. The SMILES string of the molecule is CC1CN(N2CCCCCCC2)CCO1. The number of nitrogens with zero attached hydrogens (tertiary/aromatic N) is 2. The van der Waals surface area contributed by atoms with Gasteiger partial charge in [0.2, 0.25) is 0 Å². The third-order valence-electron chi connectivity index (χ3n) is 3.45. The fraction of sp³-hybridized carbons (Fsp3) is 1.00. The van der Waals surface area contributed by atoms with Crippen LogP contribution in [0.15, 0.2) is 0 Å². The monoisotopic (exact) mass is 212 g/mol. The first-order chi connectivity index (χ1) is 7.36. The summed E-state index contributed by atoms with van der Waals surface area (Å²) < 4.78 is 5.59. The van der Waals surface area contributed by atoms with E-state index in [2.05, 4.69) is 16.9 Å². The lowest BCUT2D eigenvalue weighted by Gasteiger charge is -2.40. The molecule has 0 spiro atoms. The Hall–Kier alpha value is -0.120. The predicted molar refractivity (Wildman–Crippen MR) is 61.6 cm³/mol. The van der Waals surface area contributed by atoms with Gasteiger partial charge in [0.1, 0.15) is 0 Å². The minimum atomic E-state index is 0.407. The number of hydrazine groups is 1. The van der Waals surface area contributed by atoms with E-state index in [1.165, 1.54) is 45.2 Å². The molecule has 0 N–H and O–H groups in total. The molecule has 0 aromatic carbocycles. The molecule has 0 aromatic heterocycles. The molecule has 0 aromatic rings. The van der Waals surface area contributed by atoms with Crippen LogP contribution in [0.2, 0.25) is 0 Å². The second-order valence-corrected chi connectivity index (χ2v) is 4.82. The minimum Gasteiger partial charge on any atom is -0.376 e. The minimum absolute atomic E-state index is 0.407. The summed E-state index contributed by atoms with van der Waals surface area (Å²) in [5.41, 5.74) is 0. The van der Waals surface area contributed by atoms with Gasteiger partial charge in [-0.25, -0.2) is 10.0 Å². The van der Waals surface area contributed by atoms with E-state index in [0.717, 1.165) is 19.7 Å². The van der Waals surface area contributed by atoms with Gasteiger partial charge < -0.3 is 4.74 Å². The van der Waals surface area contributed by atoms with Crippen molar-refractivity contribution in [3.8, 4) is 0 Å². The average molecular weight is 212 g/mol. The molecule has 2 aliphatic heterocycles. The smallest absolute Gasteiger partial charge is 0.0688 e. The molecule has 1 atom stereocenters. The maximum atomic E-state index is 5.59. The van der Waals surface area contributed by atoms with Crippen LogP contribution in [0.1, 0.15) is 39.0 Å². The van der Waals surface area contributed by atoms with Gasteiger partial charge in [-0.15, -0.1) is 0 Å². The lowest BCUT2D eigenvalue weighted by molar-refractivity contribution is -0.119. The predicted octanol–water partition coefficient (Wildman–Crippen LogP) is 1.89. The molecule has 0 saturated carbocycles. The average Bonchev–Trinajstić information content (AvgIpc) is 2.16. The van der Waals surface area contributed by atoms with Crippen molar-refractivity contribution in [2.24, 2.45) is 0 Å². The van der Waals surface area contributed by atoms with Gasteiger partial charge in [0.05, 0.1) is 12.7 Å². The van der Waals surface area contributed by atoms with Crippen LogP contribution in [0.3, 0.4) is 0 Å². The Labute approximate surface area is 93.3 Å². The first-order valence-electron chi connectivity index (χ1n) is 6.47. The van der Waals surface area contributed by atoms with Gasteiger partial charge in [-0.3, -0.25) is 0 Å². The van der Waals surface area contributed by atoms with Gasteiger partial charge in [0.15, 0.2) is 0 Å². The highest BCUT2D eigenvalue weighted by Crippen LogP contribution is 2.14. The molecular formula is C12H24N2O. The standard InChI is InChI=1S/C12H24N2O/c1-12-11-14(9-10-15-12)13-7-5-3-2-4-6-8-13/h12H,2-11H2,1H3. The van der Waals surface area contributed by atoms with E-state index in [1.54, 1.807) is 0 Å². The summed E-state index contributed by atoms with van der Waals surface area (Å²) in [6.07, 6.45) is 7.40. The Balaban J connectivity index is 1.83. The molecule has 3 heteroatoms. The maximum Gasteiger partial charge on any atom is 0.0688 e. The molecule has 3 nitrogen and oxygen atoms in total. The van der Waals surface area contributed by atoms with E-state index in [-0.39, 0.29) is 0 Å². The summed E-state index contributed by atoms with van der Waals surface area (Å²) in [5, 5.41) is 5.08. The number of hydrogen-bond acceptors (Lipinski definition) is 3. The van der Waals surface area contributed by atoms with E-state index >= 15 is 0 Å². The van der Waals surface area contributed by atoms with E-state index in [0.29, 0.717) is 6.10 Å². The van der Waals surface area contributed by atoms with Crippen LogP contribution < -0.4 is 0 Å². The van der Waals surface area contributed by atoms with Gasteiger partial charge in [0, 0.05) is 26.2 Å². The van der Waals surface area contributed by atoms with Crippen LogP contribution in [0, 0.1) is 0 Å². The highest BCUT2D eigenvalue weighted by Gasteiger charge is 2.22. The zero-order valence-electron chi connectivity index (χ0n) is 9.95. The number of rotatable bonds is 1. The number of morpholine rings is 1. The molecule has 2 rings (SSSR count). The summed E-state index contributed by atoms with van der Waals surface area (Å²) in [7, 11) is 0. The molecule has 2 heterocycles. The maximum absolute atomic E-state index is 5.59. The van der Waals surface area contributed by atoms with Crippen LogP contribution in [0.25, 0.3) is 0 Å². The second-order valence-electron chi connectivity index (χ2n) is 4.82. The van der Waals surface area contributed by atoms with E-state index in [9.17, 15) is 0 Å². The van der Waals surface area contributed by atoms with Crippen molar-refractivity contribution in [1.29, 1.82) is 0 Å². The lowest BCUT2D eigenvalue weighted by Crippen LogP contribution is -2.52. The topological polar surface area (TPSA) is 15.7 Å². The quantitative estimate of drug-likeness (QED) is 0.660. The van der Waals surface area contributed by atoms with Gasteiger partial charge in [-0.2, -0.15) is 0 Å². The van der Waals surface area contributed by atoms with Crippen molar-refractivity contribution < 1.29 is 4.74 Å². The van der Waals surface area contributed by atoms with E-state index in [4.69, 9.17) is 4.74 Å². The van der Waals surface area contributed by atoms with Crippen molar-refractivity contribution in [3.63, 3.8) is 0 Å². The first kappa shape index (κ1) is 11.4. The first-order valence-corrected chi connectivity index (χ1v) is 6.47. The second kappa shape index (κ2) is 5.83. The summed E-state index contributed by atoms with van der Waals surface area (Å²) in [5.74, 6) is 0. The van der Waals surface area contributed by atoms with Crippen molar-refractivity contribution in [1.82, 2.24) is 10.0 Å². The van der Waals surface area contributed by atoms with Crippen molar-refractivity contribution in [3.05, 3.63) is 0 Å². The Bertz CT molecular complexity index is 178. The molecule has 88 valence electrons. The molecule has 2 saturated heterocycles. The zero-order valence-corrected chi connectivity index (χ0v) is 9.95. The van der Waals surface area contributed by atoms with Gasteiger partial charge >= 0.3 is 0 Å². The molecule has 0 amide bonds. The summed E-state index contributed by atoms with van der Waals surface area (Å²) >= 11 is 0. The summed E-state index contributed by atoms with van der Waals surface area (Å²) in [6.45, 7) is 7.76. The molecule has 0 bridgehead atoms. The highest BCUT2D eigenvalue weighted by molar-refractivity contribution is 4.68. The van der Waals surface area contributed by atoms with Gasteiger partial charge in [0.25, 0.3) is 0 Å². The van der Waals surface area contributed by atoms with Crippen molar-refractivity contribution >= 4 is 0 Å². The van der Waals surface area contributed by atoms with Gasteiger partial charge in [-0.1, -0.05) is 19.3 Å². The molecule has 15 heavy (non-hydrogen) atoms. The largest absolute Gasteiger partial charge is 0.376 e. The third-order valence-corrected chi connectivity index (χ3v) is 3.45. The van der Waals surface area contributed by atoms with E-state index < -0.39 is 0 Å². The fourth-order valence-corrected chi connectivity index (χ4v) is 2.57. The van der Waals surface area contributed by atoms with Crippen molar-refractivity contribution in [2.45, 2.75) is 45.1 Å². The Morgan fingerprint density at radius 1 is 0.867 bits per heavy atom. The molecule has 2 aliphatic rings. The molecule has 0 radical (unpaired) electrons. The Kier molecular flexibility index (Phi) is 4.42. The van der Waals surface area contributed by atoms with Crippen molar-refractivity contribution in [2.75, 3.05) is 32.8 Å². The molecular weight excluding hydrogens is 188 g/mol. The van der Waals surface area contributed by atoms with Crippen LogP contribution in [-0.4, -0.2) is 48.9 Å². The third kappa shape index (κ3) is 3.44. The van der Waals surface area contributed by atoms with Crippen LogP contribution in [0.4, 0.5) is 0 Å². The van der Waals surface area contributed by atoms with Crippen LogP contribution in [0.5, 0.6) is 0 Å².